The second-order valence-electron chi connectivity index (χ2n) is 12.3. The van der Waals surface area contributed by atoms with E-state index < -0.39 is 10.0 Å². The quantitative estimate of drug-likeness (QED) is 0.457. The molecule has 41 heavy (non-hydrogen) atoms. The molecular weight excluding hydrogens is 541 g/mol. The van der Waals surface area contributed by atoms with Gasteiger partial charge in [0.25, 0.3) is 5.91 Å². The Morgan fingerprint density at radius 3 is 2.34 bits per heavy atom. The average molecular weight is 586 g/mol. The fraction of sp³-hybridized carbons (Fsp3) is 0.645. The van der Waals surface area contributed by atoms with E-state index in [4.69, 9.17) is 0 Å². The number of nitrogens with zero attached hydrogens (tertiary/aromatic N) is 5. The second kappa shape index (κ2) is 12.8. The van der Waals surface area contributed by atoms with Crippen LogP contribution in [-0.2, 0) is 16.4 Å². The largest absolute Gasteiger partial charge is 0.337 e. The van der Waals surface area contributed by atoms with Crippen molar-refractivity contribution in [3.05, 3.63) is 58.9 Å². The SMILES string of the molecule is Cc1c(CCC2CCC(c3ccc(F)cc3)C2)ncnc1C(=O)N1CCC(N2CCC(N(C)S(C)(=O)=O)CC2)CC1. The summed E-state index contributed by atoms with van der Waals surface area (Å²) in [7, 11) is -1.49. The summed E-state index contributed by atoms with van der Waals surface area (Å²) in [6.45, 7) is 5.17. The minimum absolute atomic E-state index is 0.00433. The van der Waals surface area contributed by atoms with Gasteiger partial charge in [-0.1, -0.05) is 12.1 Å². The van der Waals surface area contributed by atoms with Crippen LogP contribution in [-0.4, -0.2) is 90.0 Å². The van der Waals surface area contributed by atoms with Crippen LogP contribution in [0.25, 0.3) is 0 Å². The van der Waals surface area contributed by atoms with Crippen LogP contribution in [0.1, 0.15) is 84.6 Å². The van der Waals surface area contributed by atoms with Crippen molar-refractivity contribution in [1.29, 1.82) is 0 Å². The summed E-state index contributed by atoms with van der Waals surface area (Å²) in [6.07, 6.45) is 11.6. The highest BCUT2D eigenvalue weighted by molar-refractivity contribution is 7.88. The van der Waals surface area contributed by atoms with Gasteiger partial charge in [0.2, 0.25) is 10.0 Å². The van der Waals surface area contributed by atoms with E-state index in [2.05, 4.69) is 14.9 Å². The maximum absolute atomic E-state index is 13.5. The Hall–Kier alpha value is -2.43. The zero-order valence-electron chi connectivity index (χ0n) is 24.6. The fourth-order valence-electron chi connectivity index (χ4n) is 7.14. The van der Waals surface area contributed by atoms with E-state index >= 15 is 0 Å². The lowest BCUT2D eigenvalue weighted by Crippen LogP contribution is -2.52. The number of sulfonamides is 1. The molecule has 1 aliphatic carbocycles. The Kier molecular flexibility index (Phi) is 9.40. The number of carbonyl (C=O) groups excluding carboxylic acids is 1. The lowest BCUT2D eigenvalue weighted by molar-refractivity contribution is 0.0542. The molecule has 0 N–H and O–H groups in total. The van der Waals surface area contributed by atoms with Crippen molar-refractivity contribution < 1.29 is 17.6 Å². The molecule has 5 rings (SSSR count). The number of amides is 1. The van der Waals surface area contributed by atoms with Crippen molar-refractivity contribution in [1.82, 2.24) is 24.1 Å². The van der Waals surface area contributed by atoms with E-state index in [0.29, 0.717) is 36.7 Å². The number of halogens is 1. The highest BCUT2D eigenvalue weighted by Crippen LogP contribution is 2.40. The number of piperidine rings is 2. The van der Waals surface area contributed by atoms with Crippen molar-refractivity contribution in [2.75, 3.05) is 39.5 Å². The zero-order chi connectivity index (χ0) is 29.1. The Balaban J connectivity index is 1.10. The number of hydrogen-bond donors (Lipinski definition) is 0. The molecule has 0 spiro atoms. The normalized spacial score (nSPS) is 23.4. The van der Waals surface area contributed by atoms with Gasteiger partial charge in [0.1, 0.15) is 17.8 Å². The maximum Gasteiger partial charge on any atom is 0.272 e. The van der Waals surface area contributed by atoms with Gasteiger partial charge in [-0.05, 0) is 107 Å². The fourth-order valence-corrected chi connectivity index (χ4v) is 7.89. The van der Waals surface area contributed by atoms with Gasteiger partial charge >= 0.3 is 0 Å². The molecule has 0 radical (unpaired) electrons. The number of carbonyl (C=O) groups is 1. The molecule has 1 aromatic carbocycles. The third-order valence-corrected chi connectivity index (χ3v) is 11.2. The number of rotatable bonds is 8. The average Bonchev–Trinajstić information content (AvgIpc) is 3.45. The molecule has 2 aromatic rings. The molecule has 1 saturated carbocycles. The summed E-state index contributed by atoms with van der Waals surface area (Å²) in [5.41, 5.74) is 3.61. The summed E-state index contributed by atoms with van der Waals surface area (Å²) >= 11 is 0. The van der Waals surface area contributed by atoms with Gasteiger partial charge in [0, 0.05) is 43.5 Å². The third-order valence-electron chi connectivity index (χ3n) is 9.87. The predicted octanol–water partition coefficient (Wildman–Crippen LogP) is 4.40. The van der Waals surface area contributed by atoms with Crippen molar-refractivity contribution in [2.24, 2.45) is 5.92 Å². The summed E-state index contributed by atoms with van der Waals surface area (Å²) in [6, 6.07) is 7.44. The third kappa shape index (κ3) is 7.14. The summed E-state index contributed by atoms with van der Waals surface area (Å²) < 4.78 is 38.6. The molecule has 2 saturated heterocycles. The number of aryl methyl sites for hydroxylation is 1. The van der Waals surface area contributed by atoms with Crippen molar-refractivity contribution in [3.8, 4) is 0 Å². The van der Waals surface area contributed by atoms with E-state index in [1.54, 1.807) is 19.2 Å². The zero-order valence-corrected chi connectivity index (χ0v) is 25.5. The smallest absolute Gasteiger partial charge is 0.272 e. The van der Waals surface area contributed by atoms with Gasteiger partial charge < -0.3 is 9.80 Å². The predicted molar refractivity (Wildman–Crippen MR) is 158 cm³/mol. The molecule has 3 heterocycles. The van der Waals surface area contributed by atoms with Gasteiger partial charge in [-0.25, -0.2) is 27.1 Å². The van der Waals surface area contributed by atoms with Crippen molar-refractivity contribution in [2.45, 2.75) is 82.7 Å². The van der Waals surface area contributed by atoms with Gasteiger partial charge in [0.05, 0.1) is 6.26 Å². The van der Waals surface area contributed by atoms with E-state index in [1.807, 2.05) is 24.0 Å². The molecule has 0 bridgehead atoms. The van der Waals surface area contributed by atoms with Crippen molar-refractivity contribution in [3.63, 3.8) is 0 Å². The number of aromatic nitrogens is 2. The van der Waals surface area contributed by atoms with E-state index in [1.165, 1.54) is 28.9 Å². The van der Waals surface area contributed by atoms with Gasteiger partial charge in [0.15, 0.2) is 0 Å². The van der Waals surface area contributed by atoms with Crippen LogP contribution in [0.3, 0.4) is 0 Å². The first kappa shape index (κ1) is 30.0. The highest BCUT2D eigenvalue weighted by Gasteiger charge is 2.33. The monoisotopic (exact) mass is 585 g/mol. The van der Waals surface area contributed by atoms with Crippen LogP contribution < -0.4 is 0 Å². The molecule has 3 fully saturated rings. The van der Waals surface area contributed by atoms with Crippen LogP contribution in [0, 0.1) is 18.7 Å². The molecule has 1 amide bonds. The Labute approximate surface area is 244 Å². The minimum atomic E-state index is -3.17. The topological polar surface area (TPSA) is 86.7 Å². The van der Waals surface area contributed by atoms with Gasteiger partial charge in [-0.3, -0.25) is 4.79 Å². The lowest BCUT2D eigenvalue weighted by Gasteiger charge is -2.43. The Bertz CT molecular complexity index is 1310. The Morgan fingerprint density at radius 1 is 1.00 bits per heavy atom. The van der Waals surface area contributed by atoms with E-state index in [9.17, 15) is 17.6 Å². The molecule has 2 unspecified atom stereocenters. The number of likely N-dealkylation sites (tertiary alicyclic amines) is 2. The molecular formula is C31H44FN5O3S. The van der Waals surface area contributed by atoms with Crippen LogP contribution in [0.4, 0.5) is 4.39 Å². The van der Waals surface area contributed by atoms with Gasteiger partial charge in [-0.2, -0.15) is 0 Å². The second-order valence-corrected chi connectivity index (χ2v) is 14.4. The first-order valence-corrected chi connectivity index (χ1v) is 17.0. The van der Waals surface area contributed by atoms with Crippen molar-refractivity contribution >= 4 is 15.9 Å². The maximum atomic E-state index is 13.5. The lowest BCUT2D eigenvalue weighted by atomic mass is 9.93. The van der Waals surface area contributed by atoms with Crippen LogP contribution in [0.15, 0.2) is 30.6 Å². The number of hydrogen-bond acceptors (Lipinski definition) is 6. The Morgan fingerprint density at radius 2 is 1.68 bits per heavy atom. The molecule has 10 heteroatoms. The van der Waals surface area contributed by atoms with Crippen LogP contribution in [0.2, 0.25) is 0 Å². The molecule has 2 atom stereocenters. The standard InChI is InChI=1S/C31H44FN5O3S/c1-22-29(11-5-23-4-6-25(20-23)24-7-9-26(32)10-8-24)33-21-34-30(22)31(38)37-18-14-28(15-19-37)36-16-12-27(13-17-36)35(2)41(3,39)40/h7-10,21,23,25,27-28H,4-6,11-20H2,1-3H3. The van der Waals surface area contributed by atoms with Crippen LogP contribution >= 0.6 is 0 Å². The summed E-state index contributed by atoms with van der Waals surface area (Å²) in [4.78, 5) is 26.9. The molecule has 3 aliphatic rings. The summed E-state index contributed by atoms with van der Waals surface area (Å²) in [5, 5.41) is 0. The molecule has 1 aromatic heterocycles. The first-order valence-electron chi connectivity index (χ1n) is 15.1. The van der Waals surface area contributed by atoms with Crippen LogP contribution in [0.5, 0.6) is 0 Å². The molecule has 224 valence electrons. The minimum Gasteiger partial charge on any atom is -0.337 e. The first-order chi connectivity index (χ1) is 19.6. The van der Waals surface area contributed by atoms with E-state index in [-0.39, 0.29) is 17.8 Å². The van der Waals surface area contributed by atoms with E-state index in [0.717, 1.165) is 75.7 Å². The number of benzene rings is 1. The highest BCUT2D eigenvalue weighted by atomic mass is 32.2. The molecule has 2 aliphatic heterocycles. The molecule has 8 nitrogen and oxygen atoms in total. The summed E-state index contributed by atoms with van der Waals surface area (Å²) in [5.74, 6) is 0.909. The van der Waals surface area contributed by atoms with Gasteiger partial charge in [-0.15, -0.1) is 0 Å².